The maximum Gasteiger partial charge on any atom is 0.246 e. The third-order valence-corrected chi connectivity index (χ3v) is 4.59. The first-order chi connectivity index (χ1) is 11.3. The predicted octanol–water partition coefficient (Wildman–Crippen LogP) is 1.80. The van der Waals surface area contributed by atoms with E-state index in [1.54, 1.807) is 0 Å². The Bertz CT molecular complexity index is 701. The van der Waals surface area contributed by atoms with Crippen LogP contribution in [0.15, 0.2) is 4.52 Å². The molecule has 2 heterocycles. The summed E-state index contributed by atoms with van der Waals surface area (Å²) in [5.74, 6) is 1.72. The van der Waals surface area contributed by atoms with Gasteiger partial charge in [-0.2, -0.15) is 10.1 Å². The molecule has 1 saturated carbocycles. The molecule has 0 radical (unpaired) electrons. The third-order valence-electron chi connectivity index (χ3n) is 4.59. The molecule has 1 fully saturated rings. The van der Waals surface area contributed by atoms with Gasteiger partial charge >= 0.3 is 0 Å². The fraction of sp³-hybridized carbons (Fsp3) is 0.625. The predicted molar refractivity (Wildman–Crippen MR) is 81.7 cm³/mol. The smallest absolute Gasteiger partial charge is 0.246 e. The Hall–Kier alpha value is -2.18. The minimum absolute atomic E-state index is 0.0104. The third kappa shape index (κ3) is 3.28. The van der Waals surface area contributed by atoms with Crippen molar-refractivity contribution in [1.29, 1.82) is 0 Å². The second-order valence-corrected chi connectivity index (χ2v) is 6.43. The molecular formula is C16H21N5O2. The Kier molecular flexibility index (Phi) is 3.85. The van der Waals surface area contributed by atoms with Gasteiger partial charge in [0.05, 0.1) is 12.2 Å². The number of carbonyl (C=O) groups is 1. The highest BCUT2D eigenvalue weighted by Crippen LogP contribution is 2.38. The van der Waals surface area contributed by atoms with Gasteiger partial charge in [0.1, 0.15) is 0 Å². The Morgan fingerprint density at radius 1 is 1.30 bits per heavy atom. The lowest BCUT2D eigenvalue weighted by Gasteiger charge is -2.10. The van der Waals surface area contributed by atoms with Crippen molar-refractivity contribution in [3.05, 3.63) is 28.7 Å². The van der Waals surface area contributed by atoms with Crippen molar-refractivity contribution in [1.82, 2.24) is 25.7 Å². The van der Waals surface area contributed by atoms with Crippen molar-refractivity contribution in [2.45, 2.75) is 63.8 Å². The molecule has 7 heteroatoms. The molecule has 2 aliphatic rings. The van der Waals surface area contributed by atoms with Crippen LogP contribution in [0.4, 0.5) is 0 Å². The molecule has 7 nitrogen and oxygen atoms in total. The first-order valence-electron chi connectivity index (χ1n) is 8.44. The van der Waals surface area contributed by atoms with Crippen LogP contribution in [0.1, 0.15) is 66.7 Å². The maximum absolute atomic E-state index is 12.0. The molecule has 2 aromatic heterocycles. The molecule has 4 rings (SSSR count). The molecule has 1 amide bonds. The summed E-state index contributed by atoms with van der Waals surface area (Å²) in [5, 5.41) is 14.3. The second kappa shape index (κ2) is 6.14. The van der Waals surface area contributed by atoms with Crippen LogP contribution < -0.4 is 5.32 Å². The van der Waals surface area contributed by atoms with Crippen molar-refractivity contribution in [3.63, 3.8) is 0 Å². The topological polar surface area (TPSA) is 96.7 Å². The Morgan fingerprint density at radius 3 is 3.04 bits per heavy atom. The number of aromatic nitrogens is 4. The SMILES string of the molecule is O=C(CCc1n[nH]c2c1CCCC2)NCc1nc(C2CC2)no1. The molecule has 23 heavy (non-hydrogen) atoms. The van der Waals surface area contributed by atoms with E-state index >= 15 is 0 Å². The first kappa shape index (κ1) is 14.4. The quantitative estimate of drug-likeness (QED) is 0.847. The van der Waals surface area contributed by atoms with Crippen molar-refractivity contribution >= 4 is 5.91 Å². The Morgan fingerprint density at radius 2 is 2.17 bits per heavy atom. The van der Waals surface area contributed by atoms with E-state index in [1.807, 2.05) is 0 Å². The lowest BCUT2D eigenvalue weighted by Crippen LogP contribution is -2.23. The van der Waals surface area contributed by atoms with Crippen molar-refractivity contribution in [3.8, 4) is 0 Å². The number of nitrogens with one attached hydrogen (secondary N) is 2. The van der Waals surface area contributed by atoms with E-state index < -0.39 is 0 Å². The maximum atomic E-state index is 12.0. The second-order valence-electron chi connectivity index (χ2n) is 6.43. The summed E-state index contributed by atoms with van der Waals surface area (Å²) in [4.78, 5) is 16.3. The van der Waals surface area contributed by atoms with E-state index in [9.17, 15) is 4.79 Å². The van der Waals surface area contributed by atoms with Crippen LogP contribution in [0.2, 0.25) is 0 Å². The number of rotatable bonds is 6. The van der Waals surface area contributed by atoms with Crippen LogP contribution in [-0.2, 0) is 30.6 Å². The minimum Gasteiger partial charge on any atom is -0.347 e. The lowest BCUT2D eigenvalue weighted by atomic mass is 9.95. The fourth-order valence-electron chi connectivity index (χ4n) is 3.10. The van der Waals surface area contributed by atoms with Crippen molar-refractivity contribution in [2.24, 2.45) is 0 Å². The summed E-state index contributed by atoms with van der Waals surface area (Å²) in [5.41, 5.74) is 3.63. The van der Waals surface area contributed by atoms with E-state index in [0.717, 1.165) is 37.2 Å². The van der Waals surface area contributed by atoms with Gasteiger partial charge in [-0.1, -0.05) is 5.16 Å². The zero-order valence-corrected chi connectivity index (χ0v) is 13.1. The highest BCUT2D eigenvalue weighted by Gasteiger charge is 2.28. The molecule has 2 aromatic rings. The lowest BCUT2D eigenvalue weighted by molar-refractivity contribution is -0.121. The van der Waals surface area contributed by atoms with Crippen LogP contribution in [0, 0.1) is 0 Å². The Labute approximate surface area is 134 Å². The largest absolute Gasteiger partial charge is 0.347 e. The molecule has 0 aromatic carbocycles. The summed E-state index contributed by atoms with van der Waals surface area (Å²) in [6.07, 6.45) is 7.98. The number of carbonyl (C=O) groups excluding carboxylic acids is 1. The molecular weight excluding hydrogens is 294 g/mol. The van der Waals surface area contributed by atoms with Gasteiger partial charge in [0.2, 0.25) is 11.8 Å². The molecule has 0 atom stereocenters. The van der Waals surface area contributed by atoms with E-state index in [-0.39, 0.29) is 5.91 Å². The molecule has 122 valence electrons. The van der Waals surface area contributed by atoms with Crippen molar-refractivity contribution in [2.75, 3.05) is 0 Å². The van der Waals surface area contributed by atoms with Crippen LogP contribution in [0.5, 0.6) is 0 Å². The van der Waals surface area contributed by atoms with E-state index in [2.05, 4.69) is 25.7 Å². The van der Waals surface area contributed by atoms with Gasteiger partial charge in [-0.3, -0.25) is 9.89 Å². The molecule has 2 aliphatic carbocycles. The Balaban J connectivity index is 1.26. The van der Waals surface area contributed by atoms with Gasteiger partial charge in [-0.05, 0) is 44.1 Å². The number of hydrogen-bond acceptors (Lipinski definition) is 5. The molecule has 0 spiro atoms. The zero-order chi connectivity index (χ0) is 15.6. The van der Waals surface area contributed by atoms with Crippen LogP contribution in [-0.4, -0.2) is 26.2 Å². The number of hydrogen-bond donors (Lipinski definition) is 2. The van der Waals surface area contributed by atoms with E-state index in [0.29, 0.717) is 31.2 Å². The van der Waals surface area contributed by atoms with E-state index in [1.165, 1.54) is 24.1 Å². The van der Waals surface area contributed by atoms with Crippen LogP contribution in [0.25, 0.3) is 0 Å². The standard InChI is InChI=1S/C16H21N5O2/c22-14(17-9-15-18-16(21-23-15)10-5-6-10)8-7-13-11-3-1-2-4-12(11)19-20-13/h10H,1-9H2,(H,17,22)(H,19,20). The average molecular weight is 315 g/mol. The van der Waals surface area contributed by atoms with Gasteiger partial charge in [0.15, 0.2) is 5.82 Å². The number of fused-ring (bicyclic) bond motifs is 1. The number of H-pyrrole nitrogens is 1. The molecule has 0 unspecified atom stereocenters. The number of amides is 1. The molecule has 0 saturated heterocycles. The first-order valence-corrected chi connectivity index (χ1v) is 8.44. The normalized spacial score (nSPS) is 17.0. The van der Waals surface area contributed by atoms with Crippen LogP contribution in [0.3, 0.4) is 0 Å². The van der Waals surface area contributed by atoms with Gasteiger partial charge in [-0.15, -0.1) is 0 Å². The number of nitrogens with zero attached hydrogens (tertiary/aromatic N) is 3. The van der Waals surface area contributed by atoms with Crippen molar-refractivity contribution < 1.29 is 9.32 Å². The number of aryl methyl sites for hydroxylation is 2. The van der Waals surface area contributed by atoms with Gasteiger partial charge in [0.25, 0.3) is 0 Å². The summed E-state index contributed by atoms with van der Waals surface area (Å²) < 4.78 is 5.15. The van der Waals surface area contributed by atoms with Gasteiger partial charge in [0, 0.05) is 24.5 Å². The summed E-state index contributed by atoms with van der Waals surface area (Å²) >= 11 is 0. The van der Waals surface area contributed by atoms with Crippen LogP contribution >= 0.6 is 0 Å². The number of aromatic amines is 1. The molecule has 2 N–H and O–H groups in total. The van der Waals surface area contributed by atoms with Gasteiger partial charge in [-0.25, -0.2) is 0 Å². The summed E-state index contributed by atoms with van der Waals surface area (Å²) in [7, 11) is 0. The zero-order valence-electron chi connectivity index (χ0n) is 13.1. The average Bonchev–Trinajstić information content (AvgIpc) is 3.18. The summed E-state index contributed by atoms with van der Waals surface area (Å²) in [6.45, 7) is 0.303. The van der Waals surface area contributed by atoms with Gasteiger partial charge < -0.3 is 9.84 Å². The molecule has 0 aliphatic heterocycles. The highest BCUT2D eigenvalue weighted by molar-refractivity contribution is 5.76. The summed E-state index contributed by atoms with van der Waals surface area (Å²) in [6, 6.07) is 0. The monoisotopic (exact) mass is 315 g/mol. The minimum atomic E-state index is -0.0104. The van der Waals surface area contributed by atoms with E-state index in [4.69, 9.17) is 4.52 Å². The fourth-order valence-corrected chi connectivity index (χ4v) is 3.10. The molecule has 0 bridgehead atoms. The highest BCUT2D eigenvalue weighted by atomic mass is 16.5.